The van der Waals surface area contributed by atoms with Crippen LogP contribution in [0.1, 0.15) is 31.2 Å². The zero-order chi connectivity index (χ0) is 19.7. The Morgan fingerprint density at radius 1 is 1.29 bits per heavy atom. The van der Waals surface area contributed by atoms with Gasteiger partial charge >= 0.3 is 6.18 Å². The van der Waals surface area contributed by atoms with Gasteiger partial charge < -0.3 is 9.64 Å². The monoisotopic (exact) mass is 394 g/mol. The van der Waals surface area contributed by atoms with E-state index in [1.807, 2.05) is 4.90 Å². The third kappa shape index (κ3) is 3.83. The van der Waals surface area contributed by atoms with Gasteiger partial charge in [0, 0.05) is 12.5 Å². The summed E-state index contributed by atoms with van der Waals surface area (Å²) in [4.78, 5) is 18.6. The van der Waals surface area contributed by atoms with Crippen molar-refractivity contribution in [2.75, 3.05) is 6.61 Å². The number of benzene rings is 1. The number of hydrogen-bond donors (Lipinski definition) is 0. The van der Waals surface area contributed by atoms with Gasteiger partial charge in [-0.15, -0.1) is 0 Å². The fourth-order valence-corrected chi connectivity index (χ4v) is 4.33. The SMILES string of the molecule is O=C(CCn1cncn1)N1C2CCC(C2)[C@@H]1COc1cccc(C(F)(F)F)c1. The number of nitrogens with zero attached hydrogens (tertiary/aromatic N) is 4. The van der Waals surface area contributed by atoms with E-state index in [1.165, 1.54) is 18.5 Å². The predicted octanol–water partition coefficient (Wildman–Crippen LogP) is 3.15. The second-order valence-electron chi connectivity index (χ2n) is 7.34. The Kier molecular flexibility index (Phi) is 4.99. The lowest BCUT2D eigenvalue weighted by Gasteiger charge is -2.35. The number of likely N-dealkylation sites (tertiary alicyclic amines) is 1. The molecule has 2 unspecified atom stereocenters. The summed E-state index contributed by atoms with van der Waals surface area (Å²) in [6.45, 7) is 0.658. The van der Waals surface area contributed by atoms with E-state index < -0.39 is 11.7 Å². The Labute approximate surface area is 160 Å². The second kappa shape index (κ2) is 7.44. The molecule has 1 aliphatic heterocycles. The van der Waals surface area contributed by atoms with Gasteiger partial charge in [-0.25, -0.2) is 4.98 Å². The van der Waals surface area contributed by atoms with Crippen LogP contribution in [0.15, 0.2) is 36.9 Å². The molecule has 2 aromatic rings. The first-order valence-corrected chi connectivity index (χ1v) is 9.35. The number of hydrogen-bond acceptors (Lipinski definition) is 4. The van der Waals surface area contributed by atoms with Crippen LogP contribution in [0.3, 0.4) is 0 Å². The van der Waals surface area contributed by atoms with Gasteiger partial charge in [-0.1, -0.05) is 6.07 Å². The first kappa shape index (κ1) is 18.8. The predicted molar refractivity (Wildman–Crippen MR) is 93.3 cm³/mol. The molecule has 0 radical (unpaired) electrons. The van der Waals surface area contributed by atoms with Gasteiger partial charge in [0.25, 0.3) is 0 Å². The van der Waals surface area contributed by atoms with Gasteiger partial charge in [-0.2, -0.15) is 18.3 Å². The number of amides is 1. The number of aryl methyl sites for hydroxylation is 1. The summed E-state index contributed by atoms with van der Waals surface area (Å²) in [6.07, 6.45) is 1.83. The molecular weight excluding hydrogens is 373 g/mol. The molecule has 1 saturated heterocycles. The topological polar surface area (TPSA) is 60.2 Å². The Hall–Kier alpha value is -2.58. The summed E-state index contributed by atoms with van der Waals surface area (Å²) in [6, 6.07) is 4.97. The molecule has 2 bridgehead atoms. The number of halogens is 3. The molecule has 1 aromatic carbocycles. The standard InChI is InChI=1S/C19H21F3N4O2/c20-19(21,22)14-2-1-3-16(9-14)28-10-17-13-4-5-15(8-13)26(17)18(27)6-7-25-12-23-11-24-25/h1-3,9,11-13,15,17H,4-8,10H2/t13?,15?,17-/m0/s1. The fourth-order valence-electron chi connectivity index (χ4n) is 4.33. The van der Waals surface area contributed by atoms with Gasteiger partial charge in [0.2, 0.25) is 5.91 Å². The van der Waals surface area contributed by atoms with Gasteiger partial charge in [-0.05, 0) is 43.4 Å². The molecule has 2 aliphatic rings. The van der Waals surface area contributed by atoms with E-state index in [0.717, 1.165) is 31.4 Å². The number of alkyl halides is 3. The van der Waals surface area contributed by atoms with Crippen LogP contribution in [0.2, 0.25) is 0 Å². The Balaban J connectivity index is 1.40. The summed E-state index contributed by atoms with van der Waals surface area (Å²) in [7, 11) is 0. The average Bonchev–Trinajstić information content (AvgIpc) is 3.41. The summed E-state index contributed by atoms with van der Waals surface area (Å²) >= 11 is 0. The van der Waals surface area contributed by atoms with E-state index in [2.05, 4.69) is 10.1 Å². The minimum absolute atomic E-state index is 0.0281. The fraction of sp³-hybridized carbons (Fsp3) is 0.526. The Morgan fingerprint density at radius 3 is 2.89 bits per heavy atom. The van der Waals surface area contributed by atoms with Crippen LogP contribution in [0.5, 0.6) is 5.75 Å². The molecule has 28 heavy (non-hydrogen) atoms. The summed E-state index contributed by atoms with van der Waals surface area (Å²) in [5.41, 5.74) is -0.737. The molecule has 0 N–H and O–H groups in total. The lowest BCUT2D eigenvalue weighted by atomic mass is 9.99. The van der Waals surface area contributed by atoms with E-state index in [9.17, 15) is 18.0 Å². The molecule has 9 heteroatoms. The molecular formula is C19H21F3N4O2. The number of aromatic nitrogens is 3. The minimum atomic E-state index is -4.41. The molecule has 3 atom stereocenters. The number of rotatable bonds is 6. The van der Waals surface area contributed by atoms with Crippen molar-refractivity contribution in [1.82, 2.24) is 19.7 Å². The summed E-state index contributed by atoms with van der Waals surface area (Å²) in [5, 5.41) is 4.00. The largest absolute Gasteiger partial charge is 0.491 e. The zero-order valence-corrected chi connectivity index (χ0v) is 15.2. The maximum Gasteiger partial charge on any atom is 0.416 e. The molecule has 2 fully saturated rings. The van der Waals surface area contributed by atoms with Crippen molar-refractivity contribution in [3.05, 3.63) is 42.5 Å². The lowest BCUT2D eigenvalue weighted by Crippen LogP contribution is -2.48. The van der Waals surface area contributed by atoms with Crippen molar-refractivity contribution in [3.63, 3.8) is 0 Å². The van der Waals surface area contributed by atoms with Crippen molar-refractivity contribution >= 4 is 5.91 Å². The van der Waals surface area contributed by atoms with E-state index in [4.69, 9.17) is 4.74 Å². The molecule has 1 aliphatic carbocycles. The Bertz CT molecular complexity index is 825. The average molecular weight is 394 g/mol. The maximum atomic E-state index is 12.9. The van der Waals surface area contributed by atoms with Crippen LogP contribution in [-0.4, -0.2) is 44.3 Å². The van der Waals surface area contributed by atoms with Crippen LogP contribution in [0, 0.1) is 5.92 Å². The summed E-state index contributed by atoms with van der Waals surface area (Å²) in [5.74, 6) is 0.541. The van der Waals surface area contributed by atoms with Crippen LogP contribution in [0.25, 0.3) is 0 Å². The third-order valence-electron chi connectivity index (χ3n) is 5.63. The van der Waals surface area contributed by atoms with Gasteiger partial charge in [0.1, 0.15) is 25.0 Å². The highest BCUT2D eigenvalue weighted by atomic mass is 19.4. The molecule has 0 spiro atoms. The molecule has 150 valence electrons. The van der Waals surface area contributed by atoms with Crippen LogP contribution >= 0.6 is 0 Å². The number of carbonyl (C=O) groups is 1. The van der Waals surface area contributed by atoms with E-state index >= 15 is 0 Å². The molecule has 4 rings (SSSR count). The van der Waals surface area contributed by atoms with Crippen molar-refractivity contribution in [2.24, 2.45) is 5.92 Å². The minimum Gasteiger partial charge on any atom is -0.491 e. The van der Waals surface area contributed by atoms with Crippen molar-refractivity contribution in [1.29, 1.82) is 0 Å². The molecule has 1 amide bonds. The van der Waals surface area contributed by atoms with Crippen LogP contribution in [-0.2, 0) is 17.5 Å². The van der Waals surface area contributed by atoms with Crippen LogP contribution < -0.4 is 4.74 Å². The quantitative estimate of drug-likeness (QED) is 0.755. The Morgan fingerprint density at radius 2 is 2.14 bits per heavy atom. The van der Waals surface area contributed by atoms with E-state index in [1.54, 1.807) is 11.0 Å². The van der Waals surface area contributed by atoms with E-state index in [-0.39, 0.29) is 30.3 Å². The van der Waals surface area contributed by atoms with Crippen LogP contribution in [0.4, 0.5) is 13.2 Å². The highest BCUT2D eigenvalue weighted by Crippen LogP contribution is 2.43. The van der Waals surface area contributed by atoms with Gasteiger partial charge in [0.05, 0.1) is 18.2 Å². The zero-order valence-electron chi connectivity index (χ0n) is 15.2. The number of piperidine rings is 1. The first-order valence-electron chi connectivity index (χ1n) is 9.35. The maximum absolute atomic E-state index is 12.9. The normalized spacial score (nSPS) is 24.0. The highest BCUT2D eigenvalue weighted by Gasteiger charge is 2.48. The van der Waals surface area contributed by atoms with Crippen molar-refractivity contribution < 1.29 is 22.7 Å². The van der Waals surface area contributed by atoms with Crippen molar-refractivity contribution in [3.8, 4) is 5.75 Å². The summed E-state index contributed by atoms with van der Waals surface area (Å²) < 4.78 is 45.9. The van der Waals surface area contributed by atoms with Gasteiger partial charge in [-0.3, -0.25) is 9.48 Å². The molecule has 1 aromatic heterocycles. The molecule has 2 heterocycles. The first-order chi connectivity index (χ1) is 13.4. The molecule has 1 saturated carbocycles. The second-order valence-corrected chi connectivity index (χ2v) is 7.34. The third-order valence-corrected chi connectivity index (χ3v) is 5.63. The number of ether oxygens (including phenoxy) is 1. The van der Waals surface area contributed by atoms with E-state index in [0.29, 0.717) is 18.9 Å². The number of fused-ring (bicyclic) bond motifs is 2. The number of carbonyl (C=O) groups excluding carboxylic acids is 1. The smallest absolute Gasteiger partial charge is 0.416 e. The lowest BCUT2D eigenvalue weighted by molar-refractivity contribution is -0.137. The molecule has 6 nitrogen and oxygen atoms in total. The highest BCUT2D eigenvalue weighted by molar-refractivity contribution is 5.77. The van der Waals surface area contributed by atoms with Gasteiger partial charge in [0.15, 0.2) is 0 Å². The van der Waals surface area contributed by atoms with Crippen molar-refractivity contribution in [2.45, 2.75) is 50.5 Å².